The van der Waals surface area contributed by atoms with E-state index < -0.39 is 30.1 Å². The quantitative estimate of drug-likeness (QED) is 0.671. The minimum atomic E-state index is -4.26. The second-order valence-electron chi connectivity index (χ2n) is 4.70. The fraction of sp³-hybridized carbons (Fsp3) is 0.909. The van der Waals surface area contributed by atoms with Gasteiger partial charge in [0.05, 0.1) is 25.0 Å². The molecule has 17 heavy (non-hydrogen) atoms. The lowest BCUT2D eigenvalue weighted by Gasteiger charge is -2.36. The lowest BCUT2D eigenvalue weighted by atomic mass is 9.72. The molecule has 4 atom stereocenters. The highest BCUT2D eigenvalue weighted by Crippen LogP contribution is 2.47. The zero-order valence-electron chi connectivity index (χ0n) is 9.50. The minimum Gasteiger partial charge on any atom is -0.469 e. The molecule has 0 bridgehead atoms. The van der Waals surface area contributed by atoms with Crippen molar-refractivity contribution in [2.45, 2.75) is 31.5 Å². The first-order chi connectivity index (χ1) is 7.93. The molecular formula is C11H15F3O3. The maximum Gasteiger partial charge on any atom is 0.391 e. The van der Waals surface area contributed by atoms with Gasteiger partial charge < -0.3 is 9.47 Å². The van der Waals surface area contributed by atoms with E-state index in [0.717, 1.165) is 0 Å². The van der Waals surface area contributed by atoms with E-state index in [1.165, 1.54) is 7.11 Å². The molecule has 1 heterocycles. The van der Waals surface area contributed by atoms with E-state index in [-0.39, 0.29) is 18.8 Å². The molecule has 2 fully saturated rings. The van der Waals surface area contributed by atoms with Crippen molar-refractivity contribution >= 4 is 5.97 Å². The summed E-state index contributed by atoms with van der Waals surface area (Å²) < 4.78 is 48.1. The van der Waals surface area contributed by atoms with Gasteiger partial charge in [0.15, 0.2) is 0 Å². The van der Waals surface area contributed by atoms with Gasteiger partial charge in [0, 0.05) is 12.5 Å². The van der Waals surface area contributed by atoms with Crippen LogP contribution in [0.25, 0.3) is 0 Å². The van der Waals surface area contributed by atoms with Crippen LogP contribution in [0.1, 0.15) is 19.3 Å². The Hall–Kier alpha value is -0.780. The molecule has 98 valence electrons. The highest BCUT2D eigenvalue weighted by Gasteiger charge is 2.52. The van der Waals surface area contributed by atoms with Crippen LogP contribution in [0.15, 0.2) is 0 Å². The summed E-state index contributed by atoms with van der Waals surface area (Å²) in [5.74, 6) is -2.78. The van der Waals surface area contributed by atoms with Gasteiger partial charge in [0.25, 0.3) is 0 Å². The Kier molecular flexibility index (Phi) is 3.34. The summed E-state index contributed by atoms with van der Waals surface area (Å²) in [5, 5.41) is 0. The van der Waals surface area contributed by atoms with E-state index in [1.54, 1.807) is 0 Å². The Labute approximate surface area is 97.3 Å². The van der Waals surface area contributed by atoms with E-state index in [4.69, 9.17) is 4.74 Å². The summed E-state index contributed by atoms with van der Waals surface area (Å²) in [6.07, 6.45) is -4.25. The third-order valence-corrected chi connectivity index (χ3v) is 3.80. The largest absolute Gasteiger partial charge is 0.469 e. The van der Waals surface area contributed by atoms with Gasteiger partial charge in [-0.05, 0) is 19.3 Å². The molecular weight excluding hydrogens is 237 g/mol. The number of rotatable bonds is 1. The predicted octanol–water partition coefficient (Wildman–Crippen LogP) is 2.15. The number of hydrogen-bond donors (Lipinski definition) is 0. The normalized spacial score (nSPS) is 37.6. The smallest absolute Gasteiger partial charge is 0.391 e. The second-order valence-corrected chi connectivity index (χ2v) is 4.70. The number of methoxy groups -OCH3 is 1. The molecule has 1 aliphatic heterocycles. The lowest BCUT2D eigenvalue weighted by molar-refractivity contribution is -0.201. The number of fused-ring (bicyclic) bond motifs is 1. The molecule has 1 aliphatic carbocycles. The zero-order valence-corrected chi connectivity index (χ0v) is 9.50. The third-order valence-electron chi connectivity index (χ3n) is 3.80. The third kappa shape index (κ3) is 2.41. The van der Waals surface area contributed by atoms with Gasteiger partial charge in [-0.3, -0.25) is 4.79 Å². The number of ether oxygens (including phenoxy) is 2. The topological polar surface area (TPSA) is 35.5 Å². The van der Waals surface area contributed by atoms with Crippen LogP contribution in [0.3, 0.4) is 0 Å². The van der Waals surface area contributed by atoms with Crippen LogP contribution >= 0.6 is 0 Å². The average molecular weight is 252 g/mol. The molecule has 0 amide bonds. The van der Waals surface area contributed by atoms with Crippen LogP contribution in [0.4, 0.5) is 13.2 Å². The molecule has 0 N–H and O–H groups in total. The van der Waals surface area contributed by atoms with Crippen LogP contribution in [0.2, 0.25) is 0 Å². The van der Waals surface area contributed by atoms with Crippen molar-refractivity contribution in [3.8, 4) is 0 Å². The highest BCUT2D eigenvalue weighted by molar-refractivity contribution is 5.73. The van der Waals surface area contributed by atoms with Gasteiger partial charge in [-0.2, -0.15) is 13.2 Å². The van der Waals surface area contributed by atoms with Crippen LogP contribution < -0.4 is 0 Å². The van der Waals surface area contributed by atoms with Crippen molar-refractivity contribution in [1.82, 2.24) is 0 Å². The number of esters is 1. The van der Waals surface area contributed by atoms with Gasteiger partial charge in [-0.25, -0.2) is 0 Å². The van der Waals surface area contributed by atoms with Gasteiger partial charge in [0.1, 0.15) is 0 Å². The standard InChI is InChI=1S/C11H15F3O3/c1-16-10(15)8-4-6(11(12,13)14)5-9-7(8)2-3-17-9/h6-9H,2-5H2,1H3/t6-,7+,8-,9-/m0/s1. The molecule has 3 nitrogen and oxygen atoms in total. The zero-order chi connectivity index (χ0) is 12.6. The summed E-state index contributed by atoms with van der Waals surface area (Å²) >= 11 is 0. The molecule has 0 aromatic carbocycles. The molecule has 1 saturated carbocycles. The number of alkyl halides is 3. The second kappa shape index (κ2) is 4.48. The summed E-state index contributed by atoms with van der Waals surface area (Å²) in [4.78, 5) is 11.5. The van der Waals surface area contributed by atoms with E-state index in [0.29, 0.717) is 13.0 Å². The molecule has 0 radical (unpaired) electrons. The Bertz CT molecular complexity index is 303. The molecule has 0 aromatic rings. The van der Waals surface area contributed by atoms with Crippen molar-refractivity contribution in [3.05, 3.63) is 0 Å². The maximum atomic E-state index is 12.7. The number of carbonyl (C=O) groups is 1. The monoisotopic (exact) mass is 252 g/mol. The van der Waals surface area contributed by atoms with Gasteiger partial charge in [-0.15, -0.1) is 0 Å². The van der Waals surface area contributed by atoms with E-state index in [1.807, 2.05) is 0 Å². The van der Waals surface area contributed by atoms with Gasteiger partial charge in [-0.1, -0.05) is 0 Å². The van der Waals surface area contributed by atoms with Crippen molar-refractivity contribution < 1.29 is 27.4 Å². The summed E-state index contributed by atoms with van der Waals surface area (Å²) in [7, 11) is 1.21. The molecule has 0 aromatic heterocycles. The van der Waals surface area contributed by atoms with Gasteiger partial charge >= 0.3 is 12.1 Å². The van der Waals surface area contributed by atoms with Crippen LogP contribution in [0.5, 0.6) is 0 Å². The predicted molar refractivity (Wildman–Crippen MR) is 52.1 cm³/mol. The Morgan fingerprint density at radius 1 is 1.35 bits per heavy atom. The van der Waals surface area contributed by atoms with Crippen molar-refractivity contribution in [2.75, 3.05) is 13.7 Å². The molecule has 1 saturated heterocycles. The van der Waals surface area contributed by atoms with Crippen molar-refractivity contribution in [1.29, 1.82) is 0 Å². The maximum absolute atomic E-state index is 12.7. The first-order valence-corrected chi connectivity index (χ1v) is 5.69. The van der Waals surface area contributed by atoms with Gasteiger partial charge in [0.2, 0.25) is 0 Å². The van der Waals surface area contributed by atoms with E-state index in [9.17, 15) is 18.0 Å². The lowest BCUT2D eigenvalue weighted by Crippen LogP contribution is -2.42. The SMILES string of the molecule is COC(=O)[C@H]1C[C@H](C(F)(F)F)C[C@@H]2OCC[C@@H]21. The number of carbonyl (C=O) groups excluding carboxylic acids is 1. The van der Waals surface area contributed by atoms with Crippen LogP contribution in [0, 0.1) is 17.8 Å². The Morgan fingerprint density at radius 2 is 2.06 bits per heavy atom. The Balaban J connectivity index is 2.16. The fourth-order valence-corrected chi connectivity index (χ4v) is 2.92. The molecule has 2 rings (SSSR count). The molecule has 6 heteroatoms. The average Bonchev–Trinajstić information content (AvgIpc) is 2.73. The summed E-state index contributed by atoms with van der Waals surface area (Å²) in [6.45, 7) is 0.438. The summed E-state index contributed by atoms with van der Waals surface area (Å²) in [6, 6.07) is 0. The first kappa shape index (κ1) is 12.7. The molecule has 2 aliphatic rings. The molecule has 0 unspecified atom stereocenters. The number of halogens is 3. The van der Waals surface area contributed by atoms with E-state index >= 15 is 0 Å². The van der Waals surface area contributed by atoms with Crippen molar-refractivity contribution in [3.63, 3.8) is 0 Å². The summed E-state index contributed by atoms with van der Waals surface area (Å²) in [5.41, 5.74) is 0. The Morgan fingerprint density at radius 3 is 2.65 bits per heavy atom. The minimum absolute atomic E-state index is 0.0261. The van der Waals surface area contributed by atoms with Crippen LogP contribution in [-0.2, 0) is 14.3 Å². The van der Waals surface area contributed by atoms with Crippen LogP contribution in [-0.4, -0.2) is 32.0 Å². The van der Waals surface area contributed by atoms with Crippen molar-refractivity contribution in [2.24, 2.45) is 17.8 Å². The molecule has 0 spiro atoms. The highest BCUT2D eigenvalue weighted by atomic mass is 19.4. The van der Waals surface area contributed by atoms with E-state index in [2.05, 4.69) is 4.74 Å². The first-order valence-electron chi connectivity index (χ1n) is 5.69. The fourth-order valence-electron chi connectivity index (χ4n) is 2.92. The number of hydrogen-bond acceptors (Lipinski definition) is 3.